The number of hydrogen-bond acceptors (Lipinski definition) is 7. The van der Waals surface area contributed by atoms with Gasteiger partial charge in [-0.25, -0.2) is 4.57 Å². The zero-order valence-electron chi connectivity index (χ0n) is 35.9. The minimum absolute atomic E-state index is 0.0214. The van der Waals surface area contributed by atoms with Gasteiger partial charge in [0, 0.05) is 12.8 Å². The number of rotatable bonds is 39. The normalized spacial score (nSPS) is 14.1. The molecule has 320 valence electrons. The Bertz CT molecular complexity index is 1080. The van der Waals surface area contributed by atoms with Crippen LogP contribution in [0.4, 0.5) is 0 Å². The number of quaternary nitrogens is 1. The van der Waals surface area contributed by atoms with Crippen molar-refractivity contribution in [3.63, 3.8) is 0 Å². The number of nitrogens with zero attached hydrogens (tertiary/aromatic N) is 1. The van der Waals surface area contributed by atoms with Crippen molar-refractivity contribution in [2.75, 3.05) is 47.5 Å². The number of esters is 2. The number of unbranched alkanes of at least 4 members (excludes halogenated alkanes) is 17. The van der Waals surface area contributed by atoms with E-state index in [4.69, 9.17) is 18.5 Å². The van der Waals surface area contributed by atoms with Gasteiger partial charge in [-0.3, -0.25) is 18.6 Å². The lowest BCUT2D eigenvalue weighted by atomic mass is 10.1. The molecule has 0 aromatic heterocycles. The summed E-state index contributed by atoms with van der Waals surface area (Å²) in [7, 11) is 1.44. The number of likely N-dealkylation sites (N-methyl/N-ethyl adjacent to an activating group) is 1. The molecule has 2 atom stereocenters. The van der Waals surface area contributed by atoms with E-state index in [1.54, 1.807) is 0 Å². The Morgan fingerprint density at radius 3 is 1.55 bits per heavy atom. The summed E-state index contributed by atoms with van der Waals surface area (Å²) in [6.07, 6.45) is 43.1. The van der Waals surface area contributed by atoms with Crippen LogP contribution in [0.15, 0.2) is 48.6 Å². The molecule has 0 saturated heterocycles. The summed E-state index contributed by atoms with van der Waals surface area (Å²) in [5, 5.41) is 0. The number of phosphoric ester groups is 1. The topological polar surface area (TPSA) is 108 Å². The minimum Gasteiger partial charge on any atom is -0.462 e. The monoisotopic (exact) mass is 797 g/mol. The lowest BCUT2D eigenvalue weighted by Crippen LogP contribution is -2.37. The zero-order chi connectivity index (χ0) is 40.7. The smallest absolute Gasteiger partial charge is 0.462 e. The van der Waals surface area contributed by atoms with Crippen molar-refractivity contribution in [3.05, 3.63) is 48.6 Å². The van der Waals surface area contributed by atoms with Gasteiger partial charge >= 0.3 is 19.8 Å². The van der Waals surface area contributed by atoms with Crippen LogP contribution in [0.25, 0.3) is 0 Å². The van der Waals surface area contributed by atoms with Gasteiger partial charge in [0.05, 0.1) is 27.7 Å². The molecule has 0 aromatic rings. The van der Waals surface area contributed by atoms with E-state index in [1.165, 1.54) is 70.6 Å². The molecule has 0 aliphatic rings. The van der Waals surface area contributed by atoms with E-state index >= 15 is 0 Å². The zero-order valence-corrected chi connectivity index (χ0v) is 36.8. The molecule has 0 spiro atoms. The van der Waals surface area contributed by atoms with E-state index in [2.05, 4.69) is 62.5 Å². The predicted octanol–water partition coefficient (Wildman–Crippen LogP) is 12.3. The van der Waals surface area contributed by atoms with Gasteiger partial charge in [-0.2, -0.15) is 0 Å². The lowest BCUT2D eigenvalue weighted by molar-refractivity contribution is -0.870. The van der Waals surface area contributed by atoms with E-state index in [-0.39, 0.29) is 26.1 Å². The average Bonchev–Trinajstić information content (AvgIpc) is 3.13. The quantitative estimate of drug-likeness (QED) is 0.0215. The molecule has 0 heterocycles. The van der Waals surface area contributed by atoms with Crippen molar-refractivity contribution in [2.45, 2.75) is 180 Å². The highest BCUT2D eigenvalue weighted by Gasteiger charge is 2.27. The number of carbonyl (C=O) groups excluding carboxylic acids is 2. The highest BCUT2D eigenvalue weighted by Crippen LogP contribution is 2.43. The van der Waals surface area contributed by atoms with Crippen LogP contribution in [0.1, 0.15) is 174 Å². The fourth-order valence-electron chi connectivity index (χ4n) is 5.60. The van der Waals surface area contributed by atoms with Gasteiger partial charge in [-0.1, -0.05) is 146 Å². The third-order valence-electron chi connectivity index (χ3n) is 9.08. The van der Waals surface area contributed by atoms with Gasteiger partial charge in [0.1, 0.15) is 19.8 Å². The highest BCUT2D eigenvalue weighted by molar-refractivity contribution is 7.47. The fraction of sp³-hybridized carbons (Fsp3) is 0.778. The molecule has 9 nitrogen and oxygen atoms in total. The predicted molar refractivity (Wildman–Crippen MR) is 229 cm³/mol. The van der Waals surface area contributed by atoms with Gasteiger partial charge in [-0.15, -0.1) is 0 Å². The molecule has 0 bridgehead atoms. The van der Waals surface area contributed by atoms with Crippen LogP contribution in [0.5, 0.6) is 0 Å². The van der Waals surface area contributed by atoms with E-state index in [0.29, 0.717) is 23.9 Å². The lowest BCUT2D eigenvalue weighted by Gasteiger charge is -2.24. The van der Waals surface area contributed by atoms with Crippen molar-refractivity contribution in [1.82, 2.24) is 0 Å². The van der Waals surface area contributed by atoms with Crippen LogP contribution >= 0.6 is 7.82 Å². The first-order valence-corrected chi connectivity index (χ1v) is 23.4. The highest BCUT2D eigenvalue weighted by atomic mass is 31.2. The molecule has 0 rings (SSSR count). The summed E-state index contributed by atoms with van der Waals surface area (Å²) in [6.45, 7) is 4.31. The maximum Gasteiger partial charge on any atom is 0.472 e. The van der Waals surface area contributed by atoms with Crippen molar-refractivity contribution in [2.24, 2.45) is 0 Å². The number of hydrogen-bond donors (Lipinski definition) is 1. The van der Waals surface area contributed by atoms with Gasteiger partial charge in [-0.05, 0) is 64.2 Å². The SMILES string of the molecule is CCCC/C=C/C/C=C/CCCCCCCC(=O)O[C@H](COC(=O)CCC/C=C/C/C=C/CCCCCCCCCCC)COP(=O)(O)OCC[N+](C)(C)C. The minimum atomic E-state index is -4.39. The Hall–Kier alpha value is -2.03. The summed E-state index contributed by atoms with van der Waals surface area (Å²) < 4.78 is 34.2. The first-order chi connectivity index (χ1) is 26.5. The standard InChI is InChI=1S/C45H82NO8P/c1-6-8-10-12-14-16-18-20-22-23-24-26-27-29-31-33-35-37-44(47)51-41-43(42-53-55(49,50)52-40-39-46(3,4)5)54-45(48)38-36-34-32-30-28-25-21-19-17-15-13-11-9-7-2/h13,15,19,21,24,26,29,31,43H,6-12,14,16-18,20,22-23,25,27-28,30,32-42H2,1-5H3/p+1/b15-13+,21-19+,26-24+,31-29+/t43-/m1/s1. The van der Waals surface area contributed by atoms with Crippen LogP contribution in [0.2, 0.25) is 0 Å². The Kier molecular flexibility index (Phi) is 36.2. The van der Waals surface area contributed by atoms with Crippen molar-refractivity contribution >= 4 is 19.8 Å². The second kappa shape index (κ2) is 37.5. The van der Waals surface area contributed by atoms with Crippen LogP contribution in [0.3, 0.4) is 0 Å². The number of phosphoric acid groups is 1. The summed E-state index contributed by atoms with van der Waals surface area (Å²) in [5.41, 5.74) is 0. The third-order valence-corrected chi connectivity index (χ3v) is 10.1. The fourth-order valence-corrected chi connectivity index (χ4v) is 6.34. The van der Waals surface area contributed by atoms with Crippen molar-refractivity contribution in [3.8, 4) is 0 Å². The van der Waals surface area contributed by atoms with E-state index in [1.807, 2.05) is 21.1 Å². The summed E-state index contributed by atoms with van der Waals surface area (Å²) in [5.74, 6) is -0.870. The number of carbonyl (C=O) groups is 2. The summed E-state index contributed by atoms with van der Waals surface area (Å²) in [4.78, 5) is 35.3. The van der Waals surface area contributed by atoms with Crippen molar-refractivity contribution < 1.29 is 42.1 Å². The number of ether oxygens (including phenoxy) is 2. The Labute approximate surface area is 337 Å². The molecule has 1 N–H and O–H groups in total. The van der Waals surface area contributed by atoms with Crippen LogP contribution in [-0.4, -0.2) is 74.9 Å². The molecule has 0 fully saturated rings. The maximum absolute atomic E-state index is 12.7. The molecule has 0 aromatic carbocycles. The first-order valence-electron chi connectivity index (χ1n) is 21.9. The second-order valence-corrected chi connectivity index (χ2v) is 17.2. The molecule has 1 unspecified atom stereocenters. The maximum atomic E-state index is 12.7. The Balaban J connectivity index is 4.45. The van der Waals surface area contributed by atoms with Crippen LogP contribution in [-0.2, 0) is 32.7 Å². The van der Waals surface area contributed by atoms with E-state index in [0.717, 1.165) is 64.2 Å². The summed E-state index contributed by atoms with van der Waals surface area (Å²) in [6, 6.07) is 0. The molecule has 10 heteroatoms. The molecule has 0 radical (unpaired) electrons. The van der Waals surface area contributed by atoms with Gasteiger partial charge in [0.2, 0.25) is 0 Å². The first kappa shape index (κ1) is 53.0. The average molecular weight is 797 g/mol. The Morgan fingerprint density at radius 1 is 0.564 bits per heavy atom. The largest absolute Gasteiger partial charge is 0.472 e. The third kappa shape index (κ3) is 41.4. The van der Waals surface area contributed by atoms with Gasteiger partial charge < -0.3 is 18.9 Å². The molecule has 0 saturated carbocycles. The van der Waals surface area contributed by atoms with Gasteiger partial charge in [0.15, 0.2) is 6.10 Å². The second-order valence-electron chi connectivity index (χ2n) is 15.7. The molecule has 0 aliphatic carbocycles. The molecular weight excluding hydrogens is 713 g/mol. The van der Waals surface area contributed by atoms with E-state index in [9.17, 15) is 19.0 Å². The van der Waals surface area contributed by atoms with Crippen molar-refractivity contribution in [1.29, 1.82) is 0 Å². The van der Waals surface area contributed by atoms with Crippen LogP contribution < -0.4 is 0 Å². The summed E-state index contributed by atoms with van der Waals surface area (Å²) >= 11 is 0. The molecule has 55 heavy (non-hydrogen) atoms. The molecule has 0 aliphatic heterocycles. The van der Waals surface area contributed by atoms with Crippen LogP contribution in [0, 0.1) is 0 Å². The number of allylic oxidation sites excluding steroid dienone is 8. The molecule has 0 amide bonds. The Morgan fingerprint density at radius 2 is 1.02 bits per heavy atom. The van der Waals surface area contributed by atoms with Gasteiger partial charge in [0.25, 0.3) is 0 Å². The van der Waals surface area contributed by atoms with E-state index < -0.39 is 32.5 Å². The molecular formula is C45H83NO8P+.